The second-order valence-electron chi connectivity index (χ2n) is 4.86. The van der Waals surface area contributed by atoms with Crippen LogP contribution in [0.1, 0.15) is 72.6 Å². The monoisotopic (exact) mass is 258 g/mol. The van der Waals surface area contributed by atoms with Crippen molar-refractivity contribution in [3.05, 3.63) is 0 Å². The Morgan fingerprint density at radius 2 is 1.53 bits per heavy atom. The van der Waals surface area contributed by atoms with Gasteiger partial charge in [-0.3, -0.25) is 4.79 Å². The molecule has 0 aromatic heterocycles. The van der Waals surface area contributed by atoms with Crippen LogP contribution in [0.5, 0.6) is 0 Å². The van der Waals surface area contributed by atoms with Gasteiger partial charge in [-0.25, -0.2) is 0 Å². The first-order valence-corrected chi connectivity index (χ1v) is 6.82. The Balaban J connectivity index is 0. The van der Waals surface area contributed by atoms with Gasteiger partial charge in [0.05, 0.1) is 5.41 Å². The number of aliphatic carboxylic acids is 1. The van der Waals surface area contributed by atoms with Gasteiger partial charge in [0.25, 0.3) is 0 Å². The molecular weight excluding hydrogens is 227 g/mol. The second kappa shape index (κ2) is 9.97. The van der Waals surface area contributed by atoms with Crippen molar-refractivity contribution in [2.45, 2.75) is 72.6 Å². The highest BCUT2D eigenvalue weighted by atomic mass is 27.0. The fourth-order valence-corrected chi connectivity index (χ4v) is 3.03. The smallest absolute Gasteiger partial charge is 0.309 e. The van der Waals surface area contributed by atoms with Crippen molar-refractivity contribution < 1.29 is 9.90 Å². The summed E-state index contributed by atoms with van der Waals surface area (Å²) in [5.41, 5.74) is -0.464. The number of carboxylic acid groups (broad SMARTS) is 1. The van der Waals surface area contributed by atoms with Gasteiger partial charge in [-0.1, -0.05) is 53.4 Å². The number of rotatable bonds is 9. The fourth-order valence-electron chi connectivity index (χ4n) is 3.03. The van der Waals surface area contributed by atoms with Gasteiger partial charge < -0.3 is 5.11 Å². The van der Waals surface area contributed by atoms with Crippen molar-refractivity contribution in [1.29, 1.82) is 0 Å². The highest BCUT2D eigenvalue weighted by Crippen LogP contribution is 2.42. The Morgan fingerprint density at radius 1 is 1.06 bits per heavy atom. The maximum Gasteiger partial charge on any atom is 0.309 e. The average molecular weight is 258 g/mol. The summed E-state index contributed by atoms with van der Waals surface area (Å²) in [5, 5.41) is 9.61. The molecule has 0 heterocycles. The quantitative estimate of drug-likeness (QED) is 0.644. The van der Waals surface area contributed by atoms with E-state index in [9.17, 15) is 9.90 Å². The molecule has 0 aliphatic carbocycles. The standard InChI is InChI=1S/C14H28O2.Al.3H/c1-5-9-12(8-4)14(10-6-2,11-7-3)13(15)16;;;;/h12H,5-11H2,1-4H3,(H,15,16);;;;. The zero-order chi connectivity index (χ0) is 12.6. The first-order valence-electron chi connectivity index (χ1n) is 6.82. The largest absolute Gasteiger partial charge is 0.481 e. The molecule has 0 aromatic rings. The van der Waals surface area contributed by atoms with E-state index in [1.54, 1.807) is 0 Å². The molecule has 0 saturated heterocycles. The van der Waals surface area contributed by atoms with Crippen molar-refractivity contribution in [3.8, 4) is 0 Å². The third-order valence-corrected chi connectivity index (χ3v) is 3.73. The van der Waals surface area contributed by atoms with Crippen LogP contribution in [-0.4, -0.2) is 28.4 Å². The Hall–Kier alpha value is 0.00247. The summed E-state index contributed by atoms with van der Waals surface area (Å²) >= 11 is 0. The van der Waals surface area contributed by atoms with Crippen molar-refractivity contribution >= 4 is 23.3 Å². The minimum atomic E-state index is -0.573. The first kappa shape index (κ1) is 19.3. The lowest BCUT2D eigenvalue weighted by Crippen LogP contribution is -2.38. The molecule has 2 nitrogen and oxygen atoms in total. The van der Waals surface area contributed by atoms with Crippen LogP contribution in [0.2, 0.25) is 0 Å². The van der Waals surface area contributed by atoms with E-state index in [4.69, 9.17) is 0 Å². The van der Waals surface area contributed by atoms with Crippen LogP contribution in [0.15, 0.2) is 0 Å². The third kappa shape index (κ3) is 5.02. The summed E-state index contributed by atoms with van der Waals surface area (Å²) in [6, 6.07) is 0. The average Bonchev–Trinajstić information content (AvgIpc) is 2.25. The maximum atomic E-state index is 11.7. The van der Waals surface area contributed by atoms with Gasteiger partial charge in [-0.2, -0.15) is 0 Å². The van der Waals surface area contributed by atoms with Gasteiger partial charge >= 0.3 is 5.97 Å². The highest BCUT2D eigenvalue weighted by Gasteiger charge is 2.42. The van der Waals surface area contributed by atoms with E-state index in [1.807, 2.05) is 0 Å². The van der Waals surface area contributed by atoms with Gasteiger partial charge in [0, 0.05) is 0 Å². The van der Waals surface area contributed by atoms with Gasteiger partial charge in [-0.05, 0) is 25.2 Å². The summed E-state index contributed by atoms with van der Waals surface area (Å²) in [7, 11) is 0. The fraction of sp³-hybridized carbons (Fsp3) is 0.929. The molecule has 1 N–H and O–H groups in total. The lowest BCUT2D eigenvalue weighted by Gasteiger charge is -2.37. The molecule has 0 aromatic carbocycles. The number of hydrogen-bond acceptors (Lipinski definition) is 1. The Kier molecular flexibility index (Phi) is 11.4. The van der Waals surface area contributed by atoms with E-state index in [1.165, 1.54) is 0 Å². The van der Waals surface area contributed by atoms with E-state index in [0.717, 1.165) is 44.9 Å². The Labute approximate surface area is 117 Å². The van der Waals surface area contributed by atoms with Crippen LogP contribution < -0.4 is 0 Å². The van der Waals surface area contributed by atoms with Crippen LogP contribution in [-0.2, 0) is 4.79 Å². The summed E-state index contributed by atoms with van der Waals surface area (Å²) < 4.78 is 0. The molecule has 0 spiro atoms. The predicted molar refractivity (Wildman–Crippen MR) is 78.5 cm³/mol. The lowest BCUT2D eigenvalue weighted by molar-refractivity contribution is -0.154. The van der Waals surface area contributed by atoms with Gasteiger partial charge in [-0.15, -0.1) is 0 Å². The molecule has 0 rings (SSSR count). The van der Waals surface area contributed by atoms with E-state index in [0.29, 0.717) is 5.92 Å². The van der Waals surface area contributed by atoms with E-state index < -0.39 is 11.4 Å². The summed E-state index contributed by atoms with van der Waals surface area (Å²) in [6.45, 7) is 8.45. The molecule has 1 atom stereocenters. The minimum absolute atomic E-state index is 0. The molecule has 1 unspecified atom stereocenters. The maximum absolute atomic E-state index is 11.7. The SMILES string of the molecule is CCCC(CC)C(CCC)(CCC)C(=O)O.[AlH3]. The summed E-state index contributed by atoms with van der Waals surface area (Å²) in [4.78, 5) is 11.7. The van der Waals surface area contributed by atoms with Crippen LogP contribution in [0, 0.1) is 11.3 Å². The number of carbonyl (C=O) groups is 1. The second-order valence-corrected chi connectivity index (χ2v) is 4.86. The molecule has 3 heteroatoms. The molecule has 17 heavy (non-hydrogen) atoms. The van der Waals surface area contributed by atoms with Crippen molar-refractivity contribution in [1.82, 2.24) is 0 Å². The molecule has 0 amide bonds. The Bertz CT molecular complexity index is 198. The number of hydrogen-bond donors (Lipinski definition) is 1. The van der Waals surface area contributed by atoms with Crippen molar-refractivity contribution in [2.75, 3.05) is 0 Å². The summed E-state index contributed by atoms with van der Waals surface area (Å²) in [6.07, 6.45) is 6.70. The van der Waals surface area contributed by atoms with Crippen LogP contribution >= 0.6 is 0 Å². The molecule has 0 aliphatic rings. The molecule has 0 aliphatic heterocycles. The van der Waals surface area contributed by atoms with E-state index in [-0.39, 0.29) is 17.4 Å². The molecule has 0 fully saturated rings. The zero-order valence-corrected chi connectivity index (χ0v) is 11.4. The van der Waals surface area contributed by atoms with Crippen molar-refractivity contribution in [2.24, 2.45) is 11.3 Å². The molecule has 0 radical (unpaired) electrons. The normalized spacial score (nSPS) is 12.9. The van der Waals surface area contributed by atoms with Gasteiger partial charge in [0.2, 0.25) is 0 Å². The van der Waals surface area contributed by atoms with Crippen LogP contribution in [0.25, 0.3) is 0 Å². The van der Waals surface area contributed by atoms with Crippen molar-refractivity contribution in [3.63, 3.8) is 0 Å². The lowest BCUT2D eigenvalue weighted by atomic mass is 9.66. The van der Waals surface area contributed by atoms with Crippen LogP contribution in [0.3, 0.4) is 0 Å². The third-order valence-electron chi connectivity index (χ3n) is 3.73. The topological polar surface area (TPSA) is 37.3 Å². The molecule has 102 valence electrons. The highest BCUT2D eigenvalue weighted by molar-refractivity contribution is 5.75. The zero-order valence-electron chi connectivity index (χ0n) is 11.4. The molecule has 0 bridgehead atoms. The van der Waals surface area contributed by atoms with Crippen LogP contribution in [0.4, 0.5) is 0 Å². The minimum Gasteiger partial charge on any atom is -0.481 e. The van der Waals surface area contributed by atoms with Gasteiger partial charge in [0.15, 0.2) is 17.4 Å². The van der Waals surface area contributed by atoms with E-state index >= 15 is 0 Å². The summed E-state index contributed by atoms with van der Waals surface area (Å²) in [5.74, 6) is -0.230. The predicted octanol–water partition coefficient (Wildman–Crippen LogP) is 3.30. The van der Waals surface area contributed by atoms with Gasteiger partial charge in [0.1, 0.15) is 0 Å². The first-order chi connectivity index (χ1) is 7.58. The van der Waals surface area contributed by atoms with E-state index in [2.05, 4.69) is 27.7 Å². The molecular formula is C14H31AlO2. The Morgan fingerprint density at radius 3 is 1.76 bits per heavy atom. The molecule has 0 saturated carbocycles. The number of carboxylic acids is 1.